The van der Waals surface area contributed by atoms with Gasteiger partial charge in [0.2, 0.25) is 0 Å². The summed E-state index contributed by atoms with van der Waals surface area (Å²) < 4.78 is 0. The molecule has 0 aliphatic carbocycles. The second kappa shape index (κ2) is 6.58. The fourth-order valence-corrected chi connectivity index (χ4v) is 2.18. The van der Waals surface area contributed by atoms with Gasteiger partial charge >= 0.3 is 0 Å². The van der Waals surface area contributed by atoms with Crippen LogP contribution in [0.5, 0.6) is 0 Å². The van der Waals surface area contributed by atoms with Crippen LogP contribution in [-0.4, -0.2) is 47.8 Å². The maximum Gasteiger partial charge on any atom is 0.0690 e. The van der Waals surface area contributed by atoms with Gasteiger partial charge in [0.1, 0.15) is 0 Å². The largest absolute Gasteiger partial charge is 0.392 e. The Morgan fingerprint density at radius 3 is 2.56 bits per heavy atom. The monoisotopic (exact) mass is 228 g/mol. The van der Waals surface area contributed by atoms with Crippen LogP contribution in [-0.2, 0) is 0 Å². The summed E-state index contributed by atoms with van der Waals surface area (Å²) >= 11 is 0. The first-order chi connectivity index (χ1) is 7.54. The van der Waals surface area contributed by atoms with Gasteiger partial charge in [0.05, 0.1) is 6.10 Å². The Bertz CT molecular complexity index is 196. The van der Waals surface area contributed by atoms with Crippen LogP contribution in [0.25, 0.3) is 0 Å². The molecule has 3 unspecified atom stereocenters. The smallest absolute Gasteiger partial charge is 0.0690 e. The molecule has 0 spiro atoms. The standard InChI is InChI=1S/C13H28N2O/c1-5-11(4)13(16)8-14-12-6-7-15(9-12)10(2)3/h10-14,16H,5-9H2,1-4H3. The van der Waals surface area contributed by atoms with Crippen molar-refractivity contribution in [2.75, 3.05) is 19.6 Å². The minimum absolute atomic E-state index is 0.196. The van der Waals surface area contributed by atoms with E-state index in [1.54, 1.807) is 0 Å². The van der Waals surface area contributed by atoms with Crippen molar-refractivity contribution in [1.82, 2.24) is 10.2 Å². The van der Waals surface area contributed by atoms with E-state index < -0.39 is 0 Å². The van der Waals surface area contributed by atoms with E-state index in [0.29, 0.717) is 18.0 Å². The normalized spacial score (nSPS) is 26.2. The summed E-state index contributed by atoms with van der Waals surface area (Å²) in [6.45, 7) is 11.8. The number of aliphatic hydroxyl groups excluding tert-OH is 1. The molecule has 1 saturated heterocycles. The fourth-order valence-electron chi connectivity index (χ4n) is 2.18. The lowest BCUT2D eigenvalue weighted by Gasteiger charge is -2.22. The highest BCUT2D eigenvalue weighted by molar-refractivity contribution is 4.83. The van der Waals surface area contributed by atoms with Gasteiger partial charge < -0.3 is 10.4 Å². The van der Waals surface area contributed by atoms with Gasteiger partial charge in [-0.1, -0.05) is 20.3 Å². The van der Waals surface area contributed by atoms with Gasteiger partial charge in [-0.25, -0.2) is 0 Å². The molecule has 3 heteroatoms. The molecule has 0 saturated carbocycles. The van der Waals surface area contributed by atoms with Crippen LogP contribution in [0.15, 0.2) is 0 Å². The Kier molecular flexibility index (Phi) is 5.73. The van der Waals surface area contributed by atoms with Crippen LogP contribution in [0.2, 0.25) is 0 Å². The molecule has 16 heavy (non-hydrogen) atoms. The molecule has 0 aromatic heterocycles. The average molecular weight is 228 g/mol. The molecular weight excluding hydrogens is 200 g/mol. The maximum atomic E-state index is 9.88. The summed E-state index contributed by atoms with van der Waals surface area (Å²) in [5.74, 6) is 0.398. The number of hydrogen-bond acceptors (Lipinski definition) is 3. The van der Waals surface area contributed by atoms with Crippen molar-refractivity contribution in [2.24, 2.45) is 5.92 Å². The lowest BCUT2D eigenvalue weighted by atomic mass is 10.0. The Morgan fingerprint density at radius 2 is 2.06 bits per heavy atom. The number of rotatable bonds is 6. The van der Waals surface area contributed by atoms with E-state index in [0.717, 1.165) is 19.5 Å². The highest BCUT2D eigenvalue weighted by Crippen LogP contribution is 2.13. The van der Waals surface area contributed by atoms with E-state index in [9.17, 15) is 5.11 Å². The van der Waals surface area contributed by atoms with E-state index in [-0.39, 0.29) is 6.10 Å². The van der Waals surface area contributed by atoms with Gasteiger partial charge in [-0.2, -0.15) is 0 Å². The maximum absolute atomic E-state index is 9.88. The van der Waals surface area contributed by atoms with E-state index in [2.05, 4.69) is 37.9 Å². The average Bonchev–Trinajstić information content (AvgIpc) is 2.73. The summed E-state index contributed by atoms with van der Waals surface area (Å²) in [5, 5.41) is 13.4. The summed E-state index contributed by atoms with van der Waals surface area (Å²) in [5.41, 5.74) is 0. The van der Waals surface area contributed by atoms with Crippen LogP contribution in [0.1, 0.15) is 40.5 Å². The zero-order valence-electron chi connectivity index (χ0n) is 11.2. The molecule has 96 valence electrons. The van der Waals surface area contributed by atoms with Crippen LogP contribution in [0.3, 0.4) is 0 Å². The van der Waals surface area contributed by atoms with Crippen LogP contribution < -0.4 is 5.32 Å². The van der Waals surface area contributed by atoms with Crippen molar-refractivity contribution in [2.45, 2.75) is 58.7 Å². The van der Waals surface area contributed by atoms with Crippen molar-refractivity contribution in [3.8, 4) is 0 Å². The number of nitrogens with one attached hydrogen (secondary N) is 1. The minimum atomic E-state index is -0.196. The van der Waals surface area contributed by atoms with Crippen molar-refractivity contribution < 1.29 is 5.11 Å². The van der Waals surface area contributed by atoms with Crippen molar-refractivity contribution in [3.05, 3.63) is 0 Å². The Balaban J connectivity index is 2.20. The third-order valence-corrected chi connectivity index (χ3v) is 3.87. The van der Waals surface area contributed by atoms with Gasteiger partial charge in [-0.3, -0.25) is 4.90 Å². The van der Waals surface area contributed by atoms with E-state index in [1.165, 1.54) is 13.0 Å². The molecule has 1 fully saturated rings. The minimum Gasteiger partial charge on any atom is -0.392 e. The Morgan fingerprint density at radius 1 is 1.38 bits per heavy atom. The summed E-state index contributed by atoms with van der Waals surface area (Å²) in [6, 6.07) is 1.22. The zero-order chi connectivity index (χ0) is 12.1. The van der Waals surface area contributed by atoms with E-state index in [1.807, 2.05) is 0 Å². The first kappa shape index (κ1) is 13.9. The van der Waals surface area contributed by atoms with Gasteiger partial charge in [0, 0.05) is 25.2 Å². The molecule has 3 atom stereocenters. The Hall–Kier alpha value is -0.120. The topological polar surface area (TPSA) is 35.5 Å². The van der Waals surface area contributed by atoms with Crippen LogP contribution in [0.4, 0.5) is 0 Å². The number of hydrogen-bond donors (Lipinski definition) is 2. The molecule has 0 radical (unpaired) electrons. The highest BCUT2D eigenvalue weighted by Gasteiger charge is 2.24. The zero-order valence-corrected chi connectivity index (χ0v) is 11.2. The number of nitrogens with zero attached hydrogens (tertiary/aromatic N) is 1. The molecule has 3 nitrogen and oxygen atoms in total. The number of aliphatic hydroxyl groups is 1. The lowest BCUT2D eigenvalue weighted by molar-refractivity contribution is 0.109. The van der Waals surface area contributed by atoms with Gasteiger partial charge in [-0.05, 0) is 32.7 Å². The molecule has 0 amide bonds. The first-order valence-corrected chi connectivity index (χ1v) is 6.70. The third-order valence-electron chi connectivity index (χ3n) is 3.87. The molecule has 0 aromatic rings. The third kappa shape index (κ3) is 4.04. The molecule has 1 aliphatic rings. The SMILES string of the molecule is CCC(C)C(O)CNC1CCN(C(C)C)C1. The highest BCUT2D eigenvalue weighted by atomic mass is 16.3. The summed E-state index contributed by atoms with van der Waals surface area (Å²) in [6.07, 6.45) is 2.06. The second-order valence-electron chi connectivity index (χ2n) is 5.44. The number of likely N-dealkylation sites (tertiary alicyclic amines) is 1. The fraction of sp³-hybridized carbons (Fsp3) is 1.00. The van der Waals surface area contributed by atoms with Gasteiger partial charge in [-0.15, -0.1) is 0 Å². The molecular formula is C13H28N2O. The first-order valence-electron chi connectivity index (χ1n) is 6.70. The summed E-state index contributed by atoms with van der Waals surface area (Å²) in [7, 11) is 0. The lowest BCUT2D eigenvalue weighted by Crippen LogP contribution is -2.40. The molecule has 1 rings (SSSR count). The molecule has 1 aliphatic heterocycles. The molecule has 1 heterocycles. The van der Waals surface area contributed by atoms with Crippen LogP contribution >= 0.6 is 0 Å². The van der Waals surface area contributed by atoms with Gasteiger partial charge in [0.15, 0.2) is 0 Å². The van der Waals surface area contributed by atoms with Crippen LogP contribution in [0, 0.1) is 5.92 Å². The molecule has 0 aromatic carbocycles. The van der Waals surface area contributed by atoms with E-state index >= 15 is 0 Å². The quantitative estimate of drug-likeness (QED) is 0.722. The van der Waals surface area contributed by atoms with Gasteiger partial charge in [0.25, 0.3) is 0 Å². The Labute approximate surface area is 100 Å². The predicted octanol–water partition coefficient (Wildman–Crippen LogP) is 1.47. The predicted molar refractivity (Wildman–Crippen MR) is 68.6 cm³/mol. The van der Waals surface area contributed by atoms with Crippen molar-refractivity contribution >= 4 is 0 Å². The molecule has 0 bridgehead atoms. The summed E-state index contributed by atoms with van der Waals surface area (Å²) in [4.78, 5) is 2.49. The van der Waals surface area contributed by atoms with Crippen molar-refractivity contribution in [3.63, 3.8) is 0 Å². The molecule has 2 N–H and O–H groups in total. The van der Waals surface area contributed by atoms with E-state index in [4.69, 9.17) is 0 Å². The second-order valence-corrected chi connectivity index (χ2v) is 5.44. The van der Waals surface area contributed by atoms with Crippen molar-refractivity contribution in [1.29, 1.82) is 0 Å².